The first-order chi connectivity index (χ1) is 14.6. The molecule has 0 radical (unpaired) electrons. The molecular formula is C22H25N3O4S2. The third-order valence-corrected chi connectivity index (χ3v) is 6.60. The molecule has 9 heteroatoms. The number of thiazole rings is 1. The molecular weight excluding hydrogens is 434 g/mol. The van der Waals surface area contributed by atoms with Crippen molar-refractivity contribution in [2.75, 3.05) is 0 Å². The van der Waals surface area contributed by atoms with Gasteiger partial charge < -0.3 is 10.1 Å². The zero-order chi connectivity index (χ0) is 22.5. The third-order valence-electron chi connectivity index (χ3n) is 4.11. The highest BCUT2D eigenvalue weighted by atomic mass is 32.2. The number of hydrogen-bond acceptors (Lipinski definition) is 6. The fourth-order valence-corrected chi connectivity index (χ4v) is 5.04. The van der Waals surface area contributed by atoms with E-state index in [1.807, 2.05) is 5.38 Å². The minimum absolute atomic E-state index is 0.0734. The van der Waals surface area contributed by atoms with Crippen molar-refractivity contribution < 1.29 is 17.9 Å². The fraction of sp³-hybridized carbons (Fsp3) is 0.273. The Bertz CT molecular complexity index is 1140. The lowest BCUT2D eigenvalue weighted by Gasteiger charge is -2.21. The molecule has 0 aliphatic carbocycles. The number of sulfonamides is 1. The van der Waals surface area contributed by atoms with Gasteiger partial charge in [-0.25, -0.2) is 18.1 Å². The molecule has 0 aliphatic heterocycles. The van der Waals surface area contributed by atoms with Crippen LogP contribution in [0.15, 0.2) is 64.3 Å². The van der Waals surface area contributed by atoms with E-state index in [1.54, 1.807) is 68.7 Å². The van der Waals surface area contributed by atoms with Crippen LogP contribution in [-0.4, -0.2) is 24.8 Å². The summed E-state index contributed by atoms with van der Waals surface area (Å²) in [6.07, 6.45) is 0. The van der Waals surface area contributed by atoms with Crippen LogP contribution in [0.2, 0.25) is 0 Å². The molecule has 0 fully saturated rings. The van der Waals surface area contributed by atoms with Crippen molar-refractivity contribution in [3.05, 3.63) is 76.2 Å². The number of amides is 1. The molecule has 2 N–H and O–H groups in total. The molecule has 164 valence electrons. The standard InChI is InChI=1S/C22H25N3O4S2/c1-22(2,3)25-31(27,28)20-10-5-4-7-17(20)12-23-21(26)16-8-6-9-19(11-16)29-13-18-14-30-15-24-18/h4-11,14-15,25H,12-13H2,1-3H3,(H,23,26). The van der Waals surface area contributed by atoms with Gasteiger partial charge in [-0.2, -0.15) is 0 Å². The van der Waals surface area contributed by atoms with E-state index in [1.165, 1.54) is 17.4 Å². The Hall–Kier alpha value is -2.75. The van der Waals surface area contributed by atoms with Gasteiger partial charge in [-0.1, -0.05) is 24.3 Å². The van der Waals surface area contributed by atoms with Crippen LogP contribution in [0.3, 0.4) is 0 Å². The molecule has 0 unspecified atom stereocenters. The SMILES string of the molecule is CC(C)(C)NS(=O)(=O)c1ccccc1CNC(=O)c1cccc(OCc2cscn2)c1. The Morgan fingerprint density at radius 1 is 1.13 bits per heavy atom. The lowest BCUT2D eigenvalue weighted by Crippen LogP contribution is -2.41. The second-order valence-electron chi connectivity index (χ2n) is 7.94. The number of hydrogen-bond donors (Lipinski definition) is 2. The molecule has 0 atom stereocenters. The molecule has 0 saturated heterocycles. The lowest BCUT2D eigenvalue weighted by atomic mass is 10.1. The van der Waals surface area contributed by atoms with E-state index in [2.05, 4.69) is 15.0 Å². The Morgan fingerprint density at radius 3 is 2.61 bits per heavy atom. The normalized spacial score (nSPS) is 11.8. The van der Waals surface area contributed by atoms with Gasteiger partial charge in [0.15, 0.2) is 0 Å². The van der Waals surface area contributed by atoms with Crippen LogP contribution >= 0.6 is 11.3 Å². The number of carbonyl (C=O) groups excluding carboxylic acids is 1. The Balaban J connectivity index is 1.68. The van der Waals surface area contributed by atoms with Crippen LogP contribution in [0.1, 0.15) is 42.4 Å². The number of carbonyl (C=O) groups is 1. The van der Waals surface area contributed by atoms with E-state index in [4.69, 9.17) is 4.74 Å². The highest BCUT2D eigenvalue weighted by Gasteiger charge is 2.24. The number of aromatic nitrogens is 1. The molecule has 0 aliphatic rings. The maximum atomic E-state index is 12.8. The molecule has 3 rings (SSSR count). The average Bonchev–Trinajstić information content (AvgIpc) is 3.23. The maximum Gasteiger partial charge on any atom is 0.251 e. The van der Waals surface area contributed by atoms with Crippen LogP contribution in [-0.2, 0) is 23.2 Å². The van der Waals surface area contributed by atoms with Crippen molar-refractivity contribution in [1.82, 2.24) is 15.0 Å². The van der Waals surface area contributed by atoms with Gasteiger partial charge in [-0.3, -0.25) is 4.79 Å². The summed E-state index contributed by atoms with van der Waals surface area (Å²) in [5, 5.41) is 4.69. The summed E-state index contributed by atoms with van der Waals surface area (Å²) in [7, 11) is -3.72. The predicted octanol–water partition coefficient (Wildman–Crippen LogP) is 3.73. The van der Waals surface area contributed by atoms with Gasteiger partial charge in [0.05, 0.1) is 16.1 Å². The van der Waals surface area contributed by atoms with Crippen molar-refractivity contribution in [3.8, 4) is 5.75 Å². The first-order valence-corrected chi connectivity index (χ1v) is 12.1. The van der Waals surface area contributed by atoms with Crippen molar-refractivity contribution in [2.24, 2.45) is 0 Å². The number of nitrogens with one attached hydrogen (secondary N) is 2. The van der Waals surface area contributed by atoms with Crippen molar-refractivity contribution in [3.63, 3.8) is 0 Å². The summed E-state index contributed by atoms with van der Waals surface area (Å²) in [5.74, 6) is 0.230. The van der Waals surface area contributed by atoms with E-state index < -0.39 is 15.6 Å². The summed E-state index contributed by atoms with van der Waals surface area (Å²) in [6, 6.07) is 13.4. The Morgan fingerprint density at radius 2 is 1.90 bits per heavy atom. The van der Waals surface area contributed by atoms with Gasteiger partial charge in [-0.15, -0.1) is 11.3 Å². The van der Waals surface area contributed by atoms with E-state index in [0.29, 0.717) is 23.5 Å². The van der Waals surface area contributed by atoms with Crippen LogP contribution < -0.4 is 14.8 Å². The van der Waals surface area contributed by atoms with E-state index >= 15 is 0 Å². The first kappa shape index (κ1) is 22.9. The van der Waals surface area contributed by atoms with E-state index in [0.717, 1.165) is 5.69 Å². The van der Waals surface area contributed by atoms with Crippen molar-refractivity contribution >= 4 is 27.3 Å². The second kappa shape index (κ2) is 9.59. The van der Waals surface area contributed by atoms with Gasteiger partial charge in [0.25, 0.3) is 5.91 Å². The zero-order valence-corrected chi connectivity index (χ0v) is 19.2. The molecule has 2 aromatic carbocycles. The summed E-state index contributed by atoms with van der Waals surface area (Å²) < 4.78 is 33.8. The summed E-state index contributed by atoms with van der Waals surface area (Å²) in [6.45, 7) is 5.72. The second-order valence-corrected chi connectivity index (χ2v) is 10.3. The third kappa shape index (κ3) is 6.61. The highest BCUT2D eigenvalue weighted by molar-refractivity contribution is 7.89. The molecule has 1 heterocycles. The minimum atomic E-state index is -3.72. The molecule has 0 spiro atoms. The van der Waals surface area contributed by atoms with Gasteiger partial charge in [0.2, 0.25) is 10.0 Å². The molecule has 31 heavy (non-hydrogen) atoms. The van der Waals surface area contributed by atoms with Gasteiger partial charge in [0.1, 0.15) is 12.4 Å². The predicted molar refractivity (Wildman–Crippen MR) is 121 cm³/mol. The quantitative estimate of drug-likeness (QED) is 0.535. The van der Waals surface area contributed by atoms with Gasteiger partial charge in [0, 0.05) is 23.0 Å². The van der Waals surface area contributed by atoms with Crippen LogP contribution in [0.5, 0.6) is 5.75 Å². The maximum absolute atomic E-state index is 12.8. The van der Waals surface area contributed by atoms with Crippen LogP contribution in [0.4, 0.5) is 0 Å². The van der Waals surface area contributed by atoms with E-state index in [-0.39, 0.29) is 17.3 Å². The number of ether oxygens (including phenoxy) is 1. The Kier molecular flexibility index (Phi) is 7.09. The lowest BCUT2D eigenvalue weighted by molar-refractivity contribution is 0.0950. The number of rotatable bonds is 8. The zero-order valence-electron chi connectivity index (χ0n) is 17.6. The van der Waals surface area contributed by atoms with Crippen molar-refractivity contribution in [2.45, 2.75) is 44.4 Å². The summed E-state index contributed by atoms with van der Waals surface area (Å²) in [5.41, 5.74) is 2.86. The molecule has 0 bridgehead atoms. The van der Waals surface area contributed by atoms with Crippen LogP contribution in [0.25, 0.3) is 0 Å². The number of benzene rings is 2. The minimum Gasteiger partial charge on any atom is -0.487 e. The smallest absolute Gasteiger partial charge is 0.251 e. The molecule has 1 aromatic heterocycles. The van der Waals surface area contributed by atoms with Gasteiger partial charge in [-0.05, 0) is 50.6 Å². The summed E-state index contributed by atoms with van der Waals surface area (Å²) >= 11 is 1.49. The van der Waals surface area contributed by atoms with Crippen molar-refractivity contribution in [1.29, 1.82) is 0 Å². The highest BCUT2D eigenvalue weighted by Crippen LogP contribution is 2.19. The monoisotopic (exact) mass is 459 g/mol. The molecule has 0 saturated carbocycles. The molecule has 7 nitrogen and oxygen atoms in total. The first-order valence-electron chi connectivity index (χ1n) is 9.64. The van der Waals surface area contributed by atoms with Gasteiger partial charge >= 0.3 is 0 Å². The topological polar surface area (TPSA) is 97.4 Å². The average molecular weight is 460 g/mol. The Labute approximate surface area is 186 Å². The largest absolute Gasteiger partial charge is 0.487 e. The summed E-state index contributed by atoms with van der Waals surface area (Å²) in [4.78, 5) is 17.0. The fourth-order valence-electron chi connectivity index (χ4n) is 2.84. The van der Waals surface area contributed by atoms with E-state index in [9.17, 15) is 13.2 Å². The molecule has 3 aromatic rings. The number of nitrogens with zero attached hydrogens (tertiary/aromatic N) is 1. The molecule has 1 amide bonds. The van der Waals surface area contributed by atoms with Crippen LogP contribution in [0, 0.1) is 0 Å².